The molecule has 0 unspecified atom stereocenters. The van der Waals surface area contributed by atoms with Crippen LogP contribution in [0.5, 0.6) is 0 Å². The molecule has 0 saturated heterocycles. The Labute approximate surface area is 397 Å². The summed E-state index contributed by atoms with van der Waals surface area (Å²) in [7, 11) is 0. The van der Waals surface area contributed by atoms with Crippen LogP contribution in [0, 0.1) is 0 Å². The molecule has 27 rings (SSSR count). The van der Waals surface area contributed by atoms with Gasteiger partial charge in [0.05, 0.1) is 0 Å². The zero-order chi connectivity index (χ0) is 43.9. The third-order valence-electron chi connectivity index (χ3n) is 22.0. The van der Waals surface area contributed by atoms with Gasteiger partial charge in [-0.1, -0.05) is 0 Å². The Morgan fingerprint density at radius 2 is 0.125 bits per heavy atom. The van der Waals surface area contributed by atoms with E-state index < -0.39 is 0 Å². The summed E-state index contributed by atoms with van der Waals surface area (Å²) in [4.78, 5) is 0. The molecule has 0 radical (unpaired) electrons. The van der Waals surface area contributed by atoms with Crippen molar-refractivity contribution in [1.29, 1.82) is 0 Å². The molecule has 0 heterocycles. The van der Waals surface area contributed by atoms with Gasteiger partial charge in [0.2, 0.25) is 0 Å². The molecule has 0 nitrogen and oxygen atoms in total. The minimum absolute atomic E-state index is 1.38. The first kappa shape index (κ1) is 29.6. The number of benzene rings is 27. The SMILES string of the molecule is c1c2cc3cc4cc5cc6cc7cc8cc9cc1c1c%10c2c2c3c3c4c4c5c5c6c6c7c7c8c8c9c1c1c9c%11cc%12cc%13cc%14cc%15cc%16cc%17cc%18cc(c%11)c1c8c%18c7c%17c6c%16c5c%15c4c%14c3c%13c2c%12c9%10. The molecule has 27 aromatic rings. The van der Waals surface area contributed by atoms with Gasteiger partial charge >= 0.3 is 0 Å². The van der Waals surface area contributed by atoms with Gasteiger partial charge in [-0.3, -0.25) is 0 Å². The van der Waals surface area contributed by atoms with Gasteiger partial charge in [0.25, 0.3) is 0 Å². The molecule has 0 fully saturated rings. The lowest BCUT2D eigenvalue weighted by Gasteiger charge is -2.33. The summed E-state index contributed by atoms with van der Waals surface area (Å²) in [6, 6.07) is 47.4. The van der Waals surface area contributed by atoms with Crippen molar-refractivity contribution < 1.29 is 0 Å². The van der Waals surface area contributed by atoms with Gasteiger partial charge < -0.3 is 0 Å². The molecule has 0 heteroatoms. The second kappa shape index (κ2) is 7.78. The average molecular weight is 883 g/mol. The zero-order valence-corrected chi connectivity index (χ0v) is 37.4. The van der Waals surface area contributed by atoms with Crippen LogP contribution >= 0.6 is 0 Å². The highest BCUT2D eigenvalue weighted by molar-refractivity contribution is 6.68. The maximum absolute atomic E-state index is 2.63. The van der Waals surface area contributed by atoms with Crippen molar-refractivity contribution in [3.8, 4) is 0 Å². The fourth-order valence-corrected chi connectivity index (χ4v) is 20.6. The van der Waals surface area contributed by atoms with Crippen molar-refractivity contribution in [3.05, 3.63) is 109 Å². The van der Waals surface area contributed by atoms with Gasteiger partial charge in [0, 0.05) is 0 Å². The molecule has 0 saturated carbocycles. The fourth-order valence-electron chi connectivity index (χ4n) is 20.6. The van der Waals surface area contributed by atoms with Crippen molar-refractivity contribution >= 4 is 291 Å². The van der Waals surface area contributed by atoms with E-state index in [1.54, 1.807) is 0 Å². The number of hydrogen-bond acceptors (Lipinski definition) is 0. The summed E-state index contributed by atoms with van der Waals surface area (Å²) < 4.78 is 0. The van der Waals surface area contributed by atoms with Crippen molar-refractivity contribution in [3.63, 3.8) is 0 Å². The van der Waals surface area contributed by atoms with Gasteiger partial charge in [0.15, 0.2) is 0 Å². The summed E-state index contributed by atoms with van der Waals surface area (Å²) in [6.07, 6.45) is 0. The zero-order valence-electron chi connectivity index (χ0n) is 37.4. The normalized spacial score (nSPS) is 15.5. The van der Waals surface area contributed by atoms with Crippen LogP contribution in [0.3, 0.4) is 0 Å². The summed E-state index contributed by atoms with van der Waals surface area (Å²) >= 11 is 0. The molecule has 27 aromatic carbocycles. The largest absolute Gasteiger partial charge is 0.0464 e. The van der Waals surface area contributed by atoms with E-state index in [0.717, 1.165) is 0 Å². The molecular weight excluding hydrogens is 865 g/mol. The van der Waals surface area contributed by atoms with E-state index in [1.807, 2.05) is 0 Å². The molecule has 306 valence electrons. The maximum atomic E-state index is 2.63. The Kier molecular flexibility index (Phi) is 3.20. The predicted octanol–water partition coefficient (Wildman–Crippen LogP) is 21.0. The molecule has 0 aliphatic rings. The third-order valence-corrected chi connectivity index (χ3v) is 22.0. The highest BCUT2D eigenvalue weighted by atomic mass is 14.4. The second-order valence-corrected chi connectivity index (χ2v) is 24.3. The van der Waals surface area contributed by atoms with E-state index in [4.69, 9.17) is 0 Å². The minimum Gasteiger partial charge on any atom is -0.0464 e. The van der Waals surface area contributed by atoms with E-state index in [-0.39, 0.29) is 0 Å². The van der Waals surface area contributed by atoms with Crippen LogP contribution in [0.2, 0.25) is 0 Å². The van der Waals surface area contributed by atoms with Crippen LogP contribution in [-0.4, -0.2) is 0 Å². The quantitative estimate of drug-likeness (QED) is 0.105. The summed E-state index contributed by atoms with van der Waals surface area (Å²) in [5, 5.41) is 78.6. The molecule has 0 spiro atoms. The lowest BCUT2D eigenvalue weighted by molar-refractivity contribution is 1.85. The Bertz CT molecular complexity index is 5240. The minimum atomic E-state index is 1.38. The van der Waals surface area contributed by atoms with Gasteiger partial charge in [-0.05, 0) is 400 Å². The van der Waals surface area contributed by atoms with Gasteiger partial charge in [0.1, 0.15) is 0 Å². The Morgan fingerprint density at radius 3 is 0.181 bits per heavy atom. The van der Waals surface area contributed by atoms with E-state index in [1.165, 1.54) is 291 Å². The van der Waals surface area contributed by atoms with Crippen LogP contribution in [0.25, 0.3) is 291 Å². The smallest absolute Gasteiger partial charge is 0.0000906 e. The lowest BCUT2D eigenvalue weighted by atomic mass is 9.68. The van der Waals surface area contributed by atoms with E-state index in [9.17, 15) is 0 Å². The highest BCUT2D eigenvalue weighted by Gasteiger charge is 2.38. The molecular formula is C72H18. The molecule has 0 amide bonds. The van der Waals surface area contributed by atoms with Crippen LogP contribution < -0.4 is 0 Å². The van der Waals surface area contributed by atoms with E-state index >= 15 is 0 Å². The molecule has 0 aliphatic carbocycles. The summed E-state index contributed by atoms with van der Waals surface area (Å²) in [6.45, 7) is 0. The number of rotatable bonds is 0. The molecule has 0 aliphatic heterocycles. The first-order valence-electron chi connectivity index (χ1n) is 26.1. The summed E-state index contributed by atoms with van der Waals surface area (Å²) in [5.41, 5.74) is 0. The van der Waals surface area contributed by atoms with Gasteiger partial charge in [-0.15, -0.1) is 0 Å². The standard InChI is InChI=1S/C72H18/c1-19-2-21-4-23-6-29-13-33-14-30-7-24-5-22-3-20(1)38-55-37(19)56-39(21)61-45(23)65-49(29)69-53(33)70-50(30)66-46(24)62-40(22)57(38)60-42-26-8-25-9-27-11-31-15-34-17-36-18-35-16-32-12-28(10-26)44(60)64(62)48(32)68(66)52(35)72(70)54(36)71(69)51(34)67(65)47(31)63(61)43(27)59(56)41(25)58(42)55/h1-18H. The second-order valence-electron chi connectivity index (χ2n) is 24.3. The predicted molar refractivity (Wildman–Crippen MR) is 314 cm³/mol. The van der Waals surface area contributed by atoms with Crippen molar-refractivity contribution in [2.75, 3.05) is 0 Å². The van der Waals surface area contributed by atoms with Crippen LogP contribution in [0.4, 0.5) is 0 Å². The van der Waals surface area contributed by atoms with Crippen molar-refractivity contribution in [2.45, 2.75) is 0 Å². The average Bonchev–Trinajstić information content (AvgIpc) is 3.46. The van der Waals surface area contributed by atoms with Crippen LogP contribution in [-0.2, 0) is 0 Å². The molecule has 0 bridgehead atoms. The molecule has 0 aromatic heterocycles. The van der Waals surface area contributed by atoms with Gasteiger partial charge in [-0.2, -0.15) is 0 Å². The molecule has 0 N–H and O–H groups in total. The van der Waals surface area contributed by atoms with Gasteiger partial charge in [-0.25, -0.2) is 0 Å². The fraction of sp³-hybridized carbons (Fsp3) is 0. The Morgan fingerprint density at radius 1 is 0.0694 bits per heavy atom. The molecule has 72 heavy (non-hydrogen) atoms. The Balaban J connectivity index is 1.21. The maximum Gasteiger partial charge on any atom is -0.0000906 e. The van der Waals surface area contributed by atoms with Crippen molar-refractivity contribution in [2.24, 2.45) is 0 Å². The lowest BCUT2D eigenvalue weighted by Crippen LogP contribution is -2.04. The van der Waals surface area contributed by atoms with Crippen LogP contribution in [0.15, 0.2) is 109 Å². The van der Waals surface area contributed by atoms with E-state index in [0.29, 0.717) is 0 Å². The monoisotopic (exact) mass is 882 g/mol. The summed E-state index contributed by atoms with van der Waals surface area (Å²) in [5.74, 6) is 0. The van der Waals surface area contributed by atoms with Crippen LogP contribution in [0.1, 0.15) is 0 Å². The van der Waals surface area contributed by atoms with E-state index in [2.05, 4.69) is 109 Å². The third kappa shape index (κ3) is 2.18. The Hall–Kier alpha value is -9.36. The highest BCUT2D eigenvalue weighted by Crippen LogP contribution is 2.67. The first-order valence-corrected chi connectivity index (χ1v) is 26.1. The molecule has 0 atom stereocenters. The van der Waals surface area contributed by atoms with Crippen molar-refractivity contribution in [1.82, 2.24) is 0 Å². The topological polar surface area (TPSA) is 0 Å². The first-order chi connectivity index (χ1) is 35.7. The number of hydrogen-bond donors (Lipinski definition) is 0.